The van der Waals surface area contributed by atoms with Gasteiger partial charge in [-0.2, -0.15) is 0 Å². The van der Waals surface area contributed by atoms with Gasteiger partial charge in [0.1, 0.15) is 5.76 Å². The maximum absolute atomic E-state index is 5.66. The molecule has 2 aromatic rings. The molecule has 2 rings (SSSR count). The fourth-order valence-corrected chi connectivity index (χ4v) is 2.19. The van der Waals surface area contributed by atoms with Crippen molar-refractivity contribution in [1.82, 2.24) is 4.98 Å². The highest BCUT2D eigenvalue weighted by atomic mass is 127. The summed E-state index contributed by atoms with van der Waals surface area (Å²) in [7, 11) is 0. The van der Waals surface area contributed by atoms with Crippen LogP contribution in [0.1, 0.15) is 17.0 Å². The van der Waals surface area contributed by atoms with E-state index in [-0.39, 0.29) is 0 Å². The Morgan fingerprint density at radius 1 is 1.27 bits per heavy atom. The molecule has 1 aromatic heterocycles. The van der Waals surface area contributed by atoms with Gasteiger partial charge in [0.2, 0.25) is 5.89 Å². The fraction of sp³-hybridized carbons (Fsp3) is 0.250. The van der Waals surface area contributed by atoms with Gasteiger partial charge in [-0.05, 0) is 25.5 Å². The second-order valence-electron chi connectivity index (χ2n) is 3.47. The van der Waals surface area contributed by atoms with Crippen molar-refractivity contribution in [2.45, 2.75) is 18.3 Å². The zero-order chi connectivity index (χ0) is 10.8. The molecule has 0 unspecified atom stereocenters. The largest absolute Gasteiger partial charge is 0.441 e. The van der Waals surface area contributed by atoms with E-state index >= 15 is 0 Å². The Kier molecular flexibility index (Phi) is 3.09. The van der Waals surface area contributed by atoms with Crippen molar-refractivity contribution in [3.05, 3.63) is 41.3 Å². The minimum atomic E-state index is 0.734. The molecule has 15 heavy (non-hydrogen) atoms. The van der Waals surface area contributed by atoms with E-state index in [1.807, 2.05) is 25.1 Å². The minimum Gasteiger partial charge on any atom is -0.441 e. The van der Waals surface area contributed by atoms with Gasteiger partial charge in [0.15, 0.2) is 0 Å². The lowest BCUT2D eigenvalue weighted by atomic mass is 10.1. The van der Waals surface area contributed by atoms with E-state index in [1.54, 1.807) is 0 Å². The molecule has 0 aliphatic heterocycles. The molecule has 0 saturated heterocycles. The van der Waals surface area contributed by atoms with Gasteiger partial charge in [0, 0.05) is 9.99 Å². The zero-order valence-electron chi connectivity index (χ0n) is 8.75. The number of benzene rings is 1. The van der Waals surface area contributed by atoms with Crippen LogP contribution in [0.25, 0.3) is 11.5 Å². The fourth-order valence-electron chi connectivity index (χ4n) is 1.48. The molecule has 2 nitrogen and oxygen atoms in total. The number of rotatable bonds is 2. The van der Waals surface area contributed by atoms with E-state index in [9.17, 15) is 0 Å². The quantitative estimate of drug-likeness (QED) is 0.621. The van der Waals surface area contributed by atoms with Crippen LogP contribution in [0.2, 0.25) is 0 Å². The maximum atomic E-state index is 5.66. The predicted molar refractivity (Wildman–Crippen MR) is 69.1 cm³/mol. The lowest BCUT2D eigenvalue weighted by Crippen LogP contribution is -1.83. The molecule has 78 valence electrons. The molecule has 3 heteroatoms. The highest BCUT2D eigenvalue weighted by Crippen LogP contribution is 2.25. The first-order valence-electron chi connectivity index (χ1n) is 4.80. The summed E-state index contributed by atoms with van der Waals surface area (Å²) < 4.78 is 6.54. The number of nitrogens with zero attached hydrogens (tertiary/aromatic N) is 1. The standard InChI is InChI=1S/C12H12INO/c1-8-5-3-4-6-10(8)12-14-11(7-13)9(2)15-12/h3-6H,7H2,1-2H3. The predicted octanol–water partition coefficient (Wildman–Crippen LogP) is 3.89. The van der Waals surface area contributed by atoms with Crippen LogP contribution in [-0.2, 0) is 4.43 Å². The molecule has 0 spiro atoms. The average molecular weight is 313 g/mol. The van der Waals surface area contributed by atoms with Crippen LogP contribution >= 0.6 is 22.6 Å². The summed E-state index contributed by atoms with van der Waals surface area (Å²) in [5.41, 5.74) is 3.31. The van der Waals surface area contributed by atoms with Crippen molar-refractivity contribution >= 4 is 22.6 Å². The van der Waals surface area contributed by atoms with Crippen LogP contribution in [0.5, 0.6) is 0 Å². The van der Waals surface area contributed by atoms with Crippen LogP contribution in [0.15, 0.2) is 28.7 Å². The number of aromatic nitrogens is 1. The Hall–Kier alpha value is -0.840. The molecule has 0 bridgehead atoms. The molecule has 0 aliphatic carbocycles. The number of hydrogen-bond acceptors (Lipinski definition) is 2. The van der Waals surface area contributed by atoms with E-state index in [0.29, 0.717) is 0 Å². The first-order chi connectivity index (χ1) is 7.22. The number of alkyl halides is 1. The maximum Gasteiger partial charge on any atom is 0.226 e. The van der Waals surface area contributed by atoms with E-state index in [4.69, 9.17) is 4.42 Å². The lowest BCUT2D eigenvalue weighted by Gasteiger charge is -1.98. The molecule has 0 saturated carbocycles. The van der Waals surface area contributed by atoms with Crippen LogP contribution in [0.3, 0.4) is 0 Å². The molecular weight excluding hydrogens is 301 g/mol. The van der Waals surface area contributed by atoms with Crippen LogP contribution in [0, 0.1) is 13.8 Å². The molecule has 0 aliphatic rings. The molecule has 1 heterocycles. The van der Waals surface area contributed by atoms with Crippen molar-refractivity contribution in [1.29, 1.82) is 0 Å². The van der Waals surface area contributed by atoms with Crippen LogP contribution in [0.4, 0.5) is 0 Å². The summed E-state index contributed by atoms with van der Waals surface area (Å²) in [5.74, 6) is 1.65. The topological polar surface area (TPSA) is 26.0 Å². The first kappa shape index (κ1) is 10.7. The van der Waals surface area contributed by atoms with Crippen molar-refractivity contribution in [2.24, 2.45) is 0 Å². The van der Waals surface area contributed by atoms with Crippen molar-refractivity contribution in [3.8, 4) is 11.5 Å². The summed E-state index contributed by atoms with van der Waals surface area (Å²) in [6, 6.07) is 8.13. The molecule has 0 fully saturated rings. The molecule has 0 N–H and O–H groups in total. The number of aryl methyl sites for hydroxylation is 2. The molecule has 0 amide bonds. The van der Waals surface area contributed by atoms with E-state index in [1.165, 1.54) is 5.56 Å². The van der Waals surface area contributed by atoms with Gasteiger partial charge in [-0.3, -0.25) is 0 Å². The second-order valence-corrected chi connectivity index (χ2v) is 4.23. The summed E-state index contributed by atoms with van der Waals surface area (Å²) in [5, 5.41) is 0. The Labute approximate surface area is 103 Å². The van der Waals surface area contributed by atoms with Crippen LogP contribution in [-0.4, -0.2) is 4.98 Å². The summed E-state index contributed by atoms with van der Waals surface area (Å²) in [6.45, 7) is 4.03. The van der Waals surface area contributed by atoms with Crippen molar-refractivity contribution in [2.75, 3.05) is 0 Å². The first-order valence-corrected chi connectivity index (χ1v) is 6.33. The minimum absolute atomic E-state index is 0.734. The Bertz CT molecular complexity index is 476. The number of oxazole rings is 1. The molecule has 0 atom stereocenters. The van der Waals surface area contributed by atoms with Crippen molar-refractivity contribution in [3.63, 3.8) is 0 Å². The van der Waals surface area contributed by atoms with Gasteiger partial charge in [0.25, 0.3) is 0 Å². The van der Waals surface area contributed by atoms with Gasteiger partial charge in [-0.1, -0.05) is 40.8 Å². The Balaban J connectivity index is 2.50. The second kappa shape index (κ2) is 4.35. The van der Waals surface area contributed by atoms with E-state index in [0.717, 1.165) is 27.3 Å². The zero-order valence-corrected chi connectivity index (χ0v) is 10.9. The van der Waals surface area contributed by atoms with Gasteiger partial charge in [-0.15, -0.1) is 0 Å². The summed E-state index contributed by atoms with van der Waals surface area (Å²) in [6.07, 6.45) is 0. The normalized spacial score (nSPS) is 10.6. The van der Waals surface area contributed by atoms with E-state index in [2.05, 4.69) is 40.6 Å². The smallest absolute Gasteiger partial charge is 0.226 e. The molecule has 0 radical (unpaired) electrons. The Morgan fingerprint density at radius 2 is 2.00 bits per heavy atom. The van der Waals surface area contributed by atoms with Crippen molar-refractivity contribution < 1.29 is 4.42 Å². The van der Waals surface area contributed by atoms with Crippen LogP contribution < -0.4 is 0 Å². The number of halogens is 1. The van der Waals surface area contributed by atoms with Gasteiger partial charge in [-0.25, -0.2) is 4.98 Å². The lowest BCUT2D eigenvalue weighted by molar-refractivity contribution is 0.540. The third kappa shape index (κ3) is 2.07. The Morgan fingerprint density at radius 3 is 2.60 bits per heavy atom. The summed E-state index contributed by atoms with van der Waals surface area (Å²) in [4.78, 5) is 4.49. The average Bonchev–Trinajstić information content (AvgIpc) is 2.60. The third-order valence-corrected chi connectivity index (χ3v) is 3.12. The number of hydrogen-bond donors (Lipinski definition) is 0. The van der Waals surface area contributed by atoms with E-state index < -0.39 is 0 Å². The van der Waals surface area contributed by atoms with Gasteiger partial charge < -0.3 is 4.42 Å². The SMILES string of the molecule is Cc1ccccc1-c1nc(CI)c(C)o1. The third-order valence-electron chi connectivity index (χ3n) is 2.39. The highest BCUT2D eigenvalue weighted by molar-refractivity contribution is 14.1. The summed E-state index contributed by atoms with van der Waals surface area (Å²) >= 11 is 2.30. The van der Waals surface area contributed by atoms with Gasteiger partial charge in [0.05, 0.1) is 5.69 Å². The molecule has 1 aromatic carbocycles. The molecular formula is C12H12INO. The monoisotopic (exact) mass is 313 g/mol. The van der Waals surface area contributed by atoms with Gasteiger partial charge >= 0.3 is 0 Å². The highest BCUT2D eigenvalue weighted by Gasteiger charge is 2.11.